The van der Waals surface area contributed by atoms with Crippen LogP contribution in [0.25, 0.3) is 0 Å². The summed E-state index contributed by atoms with van der Waals surface area (Å²) in [5.41, 5.74) is 3.07. The molecule has 1 saturated carbocycles. The Morgan fingerprint density at radius 3 is 2.91 bits per heavy atom. The van der Waals surface area contributed by atoms with E-state index in [2.05, 4.69) is 4.90 Å². The van der Waals surface area contributed by atoms with E-state index >= 15 is 0 Å². The van der Waals surface area contributed by atoms with E-state index in [9.17, 15) is 9.18 Å². The summed E-state index contributed by atoms with van der Waals surface area (Å²) in [5, 5.41) is 0. The first-order valence-electron chi connectivity index (χ1n) is 11.8. The van der Waals surface area contributed by atoms with Crippen LogP contribution in [-0.4, -0.2) is 44.2 Å². The Balaban J connectivity index is 1.33. The molecule has 0 aromatic heterocycles. The lowest BCUT2D eigenvalue weighted by Gasteiger charge is -2.36. The fraction of sp³-hybridized carbons (Fsp3) is 0.500. The molecule has 5 nitrogen and oxygen atoms in total. The number of carbonyl (C=O) groups is 1. The quantitative estimate of drug-likeness (QED) is 0.720. The number of likely N-dealkylation sites (tertiary alicyclic amines) is 1. The highest BCUT2D eigenvalue weighted by Gasteiger charge is 2.51. The average Bonchev–Trinajstić information content (AvgIpc) is 3.56. The van der Waals surface area contributed by atoms with Gasteiger partial charge >= 0.3 is 0 Å². The summed E-state index contributed by atoms with van der Waals surface area (Å²) < 4.78 is 25.6. The number of rotatable bonds is 4. The van der Waals surface area contributed by atoms with Crippen molar-refractivity contribution in [3.63, 3.8) is 0 Å². The summed E-state index contributed by atoms with van der Waals surface area (Å²) in [7, 11) is 1.67. The van der Waals surface area contributed by atoms with Crippen molar-refractivity contribution in [2.24, 2.45) is 17.8 Å². The molecule has 0 radical (unpaired) electrons. The van der Waals surface area contributed by atoms with Crippen molar-refractivity contribution in [2.75, 3.05) is 38.3 Å². The Bertz CT molecular complexity index is 1050. The minimum Gasteiger partial charge on any atom is -0.497 e. The average molecular weight is 437 g/mol. The Labute approximate surface area is 188 Å². The molecule has 2 aromatic rings. The highest BCUT2D eigenvalue weighted by Crippen LogP contribution is 2.50. The van der Waals surface area contributed by atoms with Crippen LogP contribution >= 0.6 is 0 Å². The molecule has 32 heavy (non-hydrogen) atoms. The van der Waals surface area contributed by atoms with Crippen LogP contribution in [-0.2, 0) is 11.2 Å². The van der Waals surface area contributed by atoms with Crippen LogP contribution in [0.3, 0.4) is 0 Å². The Morgan fingerprint density at radius 1 is 1.22 bits per heavy atom. The zero-order chi connectivity index (χ0) is 21.8. The maximum atomic E-state index is 14.2. The van der Waals surface area contributed by atoms with Crippen molar-refractivity contribution < 1.29 is 18.7 Å². The van der Waals surface area contributed by atoms with Gasteiger partial charge in [0, 0.05) is 42.8 Å². The van der Waals surface area contributed by atoms with Gasteiger partial charge < -0.3 is 14.4 Å². The monoisotopic (exact) mass is 436 g/mol. The molecule has 3 heterocycles. The molecule has 3 atom stereocenters. The zero-order valence-electron chi connectivity index (χ0n) is 18.4. The lowest BCUT2D eigenvalue weighted by atomic mass is 9.84. The fourth-order valence-corrected chi connectivity index (χ4v) is 5.91. The molecule has 168 valence electrons. The van der Waals surface area contributed by atoms with Gasteiger partial charge in [-0.05, 0) is 73.6 Å². The van der Waals surface area contributed by atoms with Crippen molar-refractivity contribution in [3.05, 3.63) is 53.3 Å². The number of halogens is 1. The number of hydrogen-bond donors (Lipinski definition) is 0. The molecule has 4 aliphatic rings. The van der Waals surface area contributed by atoms with Crippen molar-refractivity contribution in [3.8, 4) is 11.5 Å². The maximum Gasteiger partial charge on any atom is 0.231 e. The summed E-state index contributed by atoms with van der Waals surface area (Å²) >= 11 is 0. The lowest BCUT2D eigenvalue weighted by Crippen LogP contribution is -2.43. The molecular formula is C26H29FN2O3. The van der Waals surface area contributed by atoms with Crippen LogP contribution in [0, 0.1) is 23.6 Å². The van der Waals surface area contributed by atoms with Crippen LogP contribution in [0.15, 0.2) is 36.4 Å². The van der Waals surface area contributed by atoms with Crippen molar-refractivity contribution in [1.29, 1.82) is 0 Å². The summed E-state index contributed by atoms with van der Waals surface area (Å²) in [6.45, 7) is 2.94. The largest absolute Gasteiger partial charge is 0.497 e. The first-order valence-corrected chi connectivity index (χ1v) is 11.8. The van der Waals surface area contributed by atoms with E-state index in [0.29, 0.717) is 19.1 Å². The van der Waals surface area contributed by atoms with Gasteiger partial charge in [-0.25, -0.2) is 4.39 Å². The third-order valence-electron chi connectivity index (χ3n) is 7.65. The van der Waals surface area contributed by atoms with Gasteiger partial charge in [0.2, 0.25) is 5.91 Å². The first kappa shape index (κ1) is 20.0. The number of hydrogen-bond acceptors (Lipinski definition) is 4. The molecule has 1 aliphatic carbocycles. The van der Waals surface area contributed by atoms with Gasteiger partial charge in [0.1, 0.15) is 17.3 Å². The molecule has 0 N–H and O–H groups in total. The Kier molecular flexibility index (Phi) is 4.86. The molecule has 2 fully saturated rings. The van der Waals surface area contributed by atoms with Crippen molar-refractivity contribution in [2.45, 2.75) is 31.7 Å². The first-order chi connectivity index (χ1) is 15.6. The molecule has 0 spiro atoms. The van der Waals surface area contributed by atoms with Crippen LogP contribution in [0.1, 0.15) is 36.4 Å². The van der Waals surface area contributed by atoms with E-state index < -0.39 is 0 Å². The van der Waals surface area contributed by atoms with E-state index in [0.717, 1.165) is 48.7 Å². The van der Waals surface area contributed by atoms with Gasteiger partial charge in [0.05, 0.1) is 19.6 Å². The molecule has 1 saturated heterocycles. The SMILES string of the molecule is COc1ccc2c(c1)CCCN2C(=O)[C@@H]1CN(CC2CC2)[C@H]2c3cc(F)ccc3OC[C@@H]12. The van der Waals surface area contributed by atoms with E-state index in [1.54, 1.807) is 19.2 Å². The van der Waals surface area contributed by atoms with Gasteiger partial charge in [-0.15, -0.1) is 0 Å². The van der Waals surface area contributed by atoms with E-state index in [1.165, 1.54) is 24.5 Å². The summed E-state index contributed by atoms with van der Waals surface area (Å²) in [6.07, 6.45) is 4.40. The number of aryl methyl sites for hydroxylation is 1. The smallest absolute Gasteiger partial charge is 0.231 e. The number of anilines is 1. The molecule has 2 aromatic carbocycles. The Morgan fingerprint density at radius 2 is 2.09 bits per heavy atom. The van der Waals surface area contributed by atoms with E-state index in [4.69, 9.17) is 9.47 Å². The number of amides is 1. The topological polar surface area (TPSA) is 42.0 Å². The van der Waals surface area contributed by atoms with Crippen LogP contribution < -0.4 is 14.4 Å². The maximum absolute atomic E-state index is 14.2. The highest BCUT2D eigenvalue weighted by molar-refractivity contribution is 5.97. The highest BCUT2D eigenvalue weighted by atomic mass is 19.1. The molecule has 0 bridgehead atoms. The second-order valence-corrected chi connectivity index (χ2v) is 9.69. The summed E-state index contributed by atoms with van der Waals surface area (Å²) in [4.78, 5) is 18.3. The summed E-state index contributed by atoms with van der Waals surface area (Å²) in [5.74, 6) is 2.11. The van der Waals surface area contributed by atoms with Gasteiger partial charge in [-0.3, -0.25) is 9.69 Å². The molecule has 6 heteroatoms. The van der Waals surface area contributed by atoms with Gasteiger partial charge in [-0.1, -0.05) is 0 Å². The summed E-state index contributed by atoms with van der Waals surface area (Å²) in [6, 6.07) is 10.9. The van der Waals surface area contributed by atoms with Gasteiger partial charge in [0.25, 0.3) is 0 Å². The molecule has 0 unspecified atom stereocenters. The number of nitrogens with zero attached hydrogens (tertiary/aromatic N) is 2. The second-order valence-electron chi connectivity index (χ2n) is 9.69. The van der Waals surface area contributed by atoms with Crippen LogP contribution in [0.2, 0.25) is 0 Å². The number of methoxy groups -OCH3 is 1. The fourth-order valence-electron chi connectivity index (χ4n) is 5.91. The standard InChI is InChI=1S/C26H29FN2O3/c1-31-19-7-8-23-17(11-19)3-2-10-29(23)26(30)21-14-28(13-16-4-5-16)25-20-12-18(27)6-9-24(20)32-15-22(21)25/h6-9,11-12,16,21-22,25H,2-5,10,13-15H2,1H3/t21-,22+,25+/m1/s1. The van der Waals surface area contributed by atoms with Crippen molar-refractivity contribution >= 4 is 11.6 Å². The molecule has 3 aliphatic heterocycles. The third kappa shape index (κ3) is 3.36. The van der Waals surface area contributed by atoms with Gasteiger partial charge in [0.15, 0.2) is 0 Å². The Hall–Kier alpha value is -2.60. The number of ether oxygens (including phenoxy) is 2. The van der Waals surface area contributed by atoms with E-state index in [1.807, 2.05) is 23.1 Å². The molecular weight excluding hydrogens is 407 g/mol. The second kappa shape index (κ2) is 7.77. The number of fused-ring (bicyclic) bond motifs is 4. The van der Waals surface area contributed by atoms with Crippen molar-refractivity contribution in [1.82, 2.24) is 4.90 Å². The molecule has 1 amide bonds. The third-order valence-corrected chi connectivity index (χ3v) is 7.65. The predicted octanol–water partition coefficient (Wildman–Crippen LogP) is 4.21. The molecule has 6 rings (SSSR count). The lowest BCUT2D eigenvalue weighted by molar-refractivity contribution is -0.123. The number of carbonyl (C=O) groups excluding carboxylic acids is 1. The van der Waals surface area contributed by atoms with E-state index in [-0.39, 0.29) is 29.6 Å². The van der Waals surface area contributed by atoms with Crippen LogP contribution in [0.4, 0.5) is 10.1 Å². The van der Waals surface area contributed by atoms with Crippen LogP contribution in [0.5, 0.6) is 11.5 Å². The zero-order valence-corrected chi connectivity index (χ0v) is 18.4. The number of benzene rings is 2. The normalized spacial score (nSPS) is 26.7. The predicted molar refractivity (Wildman–Crippen MR) is 120 cm³/mol. The minimum absolute atomic E-state index is 0.0409. The van der Waals surface area contributed by atoms with Gasteiger partial charge in [-0.2, -0.15) is 0 Å². The minimum atomic E-state index is -0.243.